The molecule has 1 fully saturated rings. The Bertz CT molecular complexity index is 796. The Kier molecular flexibility index (Phi) is 7.02. The lowest BCUT2D eigenvalue weighted by molar-refractivity contribution is -0.143. The predicted molar refractivity (Wildman–Crippen MR) is 107 cm³/mol. The van der Waals surface area contributed by atoms with Crippen LogP contribution >= 0.6 is 0 Å². The lowest BCUT2D eigenvalue weighted by atomic mass is 10.0. The molecule has 1 N–H and O–H groups in total. The van der Waals surface area contributed by atoms with Gasteiger partial charge in [0.1, 0.15) is 6.04 Å². The number of methoxy groups -OCH3 is 1. The Morgan fingerprint density at radius 2 is 2.21 bits per heavy atom. The van der Waals surface area contributed by atoms with Gasteiger partial charge in [-0.3, -0.25) is 10.1 Å². The van der Waals surface area contributed by atoms with Crippen molar-refractivity contribution in [2.24, 2.45) is 0 Å². The number of hydrogen-bond donors (Lipinski definition) is 1. The molecule has 9 heteroatoms. The van der Waals surface area contributed by atoms with Crippen LogP contribution in [0.1, 0.15) is 70.1 Å². The summed E-state index contributed by atoms with van der Waals surface area (Å²) in [6.45, 7) is 7.51. The molecule has 2 aromatic heterocycles. The van der Waals surface area contributed by atoms with E-state index in [2.05, 4.69) is 57.6 Å². The zero-order chi connectivity index (χ0) is 20.9. The summed E-state index contributed by atoms with van der Waals surface area (Å²) in [5, 5.41) is 16.1. The number of ether oxygens (including phenoxy) is 2. The second-order valence-corrected chi connectivity index (χ2v) is 8.13. The van der Waals surface area contributed by atoms with Gasteiger partial charge in [-0.15, -0.1) is 5.10 Å². The molecule has 0 bridgehead atoms. The molecule has 1 aliphatic carbocycles. The van der Waals surface area contributed by atoms with Crippen molar-refractivity contribution in [3.8, 4) is 0 Å². The molecule has 1 aliphatic rings. The average Bonchev–Trinajstić information content (AvgIpc) is 3.21. The molecule has 0 spiro atoms. The van der Waals surface area contributed by atoms with Crippen molar-refractivity contribution in [3.05, 3.63) is 29.8 Å². The molecule has 1 unspecified atom stereocenters. The third-order valence-electron chi connectivity index (χ3n) is 4.96. The molecule has 9 nitrogen and oxygen atoms in total. The Morgan fingerprint density at radius 3 is 2.90 bits per heavy atom. The van der Waals surface area contributed by atoms with Gasteiger partial charge in [-0.2, -0.15) is 0 Å². The molecule has 0 radical (unpaired) electrons. The van der Waals surface area contributed by atoms with E-state index < -0.39 is 0 Å². The van der Waals surface area contributed by atoms with Crippen LogP contribution in [0.15, 0.2) is 18.3 Å². The first kappa shape index (κ1) is 21.4. The van der Waals surface area contributed by atoms with Gasteiger partial charge < -0.3 is 14.0 Å². The summed E-state index contributed by atoms with van der Waals surface area (Å²) in [6.07, 6.45) is 5.48. The first-order valence-corrected chi connectivity index (χ1v) is 10.3. The van der Waals surface area contributed by atoms with Gasteiger partial charge in [0, 0.05) is 43.5 Å². The van der Waals surface area contributed by atoms with Gasteiger partial charge in [-0.1, -0.05) is 0 Å². The van der Waals surface area contributed by atoms with E-state index in [4.69, 9.17) is 9.47 Å². The van der Waals surface area contributed by atoms with Gasteiger partial charge in [0.05, 0.1) is 13.2 Å². The van der Waals surface area contributed by atoms with Gasteiger partial charge in [0.2, 0.25) is 0 Å². The molecule has 2 heterocycles. The largest absolute Gasteiger partial charge is 0.466 e. The maximum Gasteiger partial charge on any atom is 0.305 e. The third kappa shape index (κ3) is 5.63. The number of nitrogens with one attached hydrogen (secondary N) is 1. The van der Waals surface area contributed by atoms with Crippen LogP contribution in [0.25, 0.3) is 0 Å². The summed E-state index contributed by atoms with van der Waals surface area (Å²) in [7, 11) is 1.70. The van der Waals surface area contributed by atoms with Gasteiger partial charge in [0.15, 0.2) is 5.82 Å². The van der Waals surface area contributed by atoms with Crippen molar-refractivity contribution in [2.45, 2.75) is 70.6 Å². The summed E-state index contributed by atoms with van der Waals surface area (Å²) >= 11 is 0. The molecule has 0 aromatic carbocycles. The number of carbonyl (C=O) groups excluding carboxylic acids is 1. The molecule has 0 aliphatic heterocycles. The van der Waals surface area contributed by atoms with Crippen molar-refractivity contribution in [3.63, 3.8) is 0 Å². The van der Waals surface area contributed by atoms with Gasteiger partial charge in [-0.05, 0) is 62.6 Å². The van der Waals surface area contributed by atoms with E-state index in [1.165, 1.54) is 12.8 Å². The maximum atomic E-state index is 11.7. The highest BCUT2D eigenvalue weighted by Crippen LogP contribution is 2.38. The molecule has 1 atom stereocenters. The predicted octanol–water partition coefficient (Wildman–Crippen LogP) is 2.26. The van der Waals surface area contributed by atoms with Crippen molar-refractivity contribution in [2.75, 3.05) is 20.3 Å². The minimum atomic E-state index is -0.278. The van der Waals surface area contributed by atoms with Crippen LogP contribution in [-0.2, 0) is 20.8 Å². The van der Waals surface area contributed by atoms with E-state index >= 15 is 0 Å². The summed E-state index contributed by atoms with van der Waals surface area (Å²) in [5.74, 6) is 0.541. The number of hydrogen-bond acceptors (Lipinski definition) is 7. The van der Waals surface area contributed by atoms with Crippen LogP contribution in [0.5, 0.6) is 0 Å². The number of nitrogens with zero attached hydrogens (tertiary/aromatic N) is 5. The number of esters is 1. The molecule has 0 amide bonds. The SMILES string of the molecule is CCOC(=O)CCCn1nnnc1C(NC(C)(C)COC)c1cccn1C1CC1. The Balaban J connectivity index is 1.82. The van der Waals surface area contributed by atoms with Gasteiger partial charge in [0.25, 0.3) is 0 Å². The van der Waals surface area contributed by atoms with Crippen LogP contribution in [0.4, 0.5) is 0 Å². The standard InChI is InChI=1S/C20H32N6O3/c1-5-29-17(27)9-7-13-26-19(22-23-24-26)18(21-20(2,3)14-28-4)16-8-6-12-25(16)15-10-11-15/h6,8,12,15,18,21H,5,7,9-11,13-14H2,1-4H3. The molecule has 3 rings (SSSR count). The highest BCUT2D eigenvalue weighted by molar-refractivity contribution is 5.69. The smallest absolute Gasteiger partial charge is 0.305 e. The average molecular weight is 405 g/mol. The molecular weight excluding hydrogens is 372 g/mol. The zero-order valence-electron chi connectivity index (χ0n) is 17.8. The minimum absolute atomic E-state index is 0.187. The Hall–Kier alpha value is -2.26. The van der Waals surface area contributed by atoms with Crippen molar-refractivity contribution >= 4 is 5.97 Å². The molecule has 160 valence electrons. The first-order chi connectivity index (χ1) is 13.9. The third-order valence-corrected chi connectivity index (χ3v) is 4.96. The number of tetrazole rings is 1. The van der Waals surface area contributed by atoms with E-state index in [1.54, 1.807) is 11.8 Å². The molecule has 0 saturated heterocycles. The van der Waals surface area contributed by atoms with Crippen molar-refractivity contribution in [1.82, 2.24) is 30.1 Å². The van der Waals surface area contributed by atoms with E-state index in [0.717, 1.165) is 11.5 Å². The normalized spacial score (nSPS) is 15.4. The lowest BCUT2D eigenvalue weighted by Crippen LogP contribution is -2.46. The minimum Gasteiger partial charge on any atom is -0.466 e. The van der Waals surface area contributed by atoms with E-state index in [-0.39, 0.29) is 17.6 Å². The lowest BCUT2D eigenvalue weighted by Gasteiger charge is -2.31. The molecule has 2 aromatic rings. The fourth-order valence-corrected chi connectivity index (χ4v) is 3.58. The van der Waals surface area contributed by atoms with Crippen LogP contribution < -0.4 is 5.32 Å². The van der Waals surface area contributed by atoms with Gasteiger partial charge >= 0.3 is 5.97 Å². The highest BCUT2D eigenvalue weighted by atomic mass is 16.5. The maximum absolute atomic E-state index is 11.7. The van der Waals surface area contributed by atoms with Crippen LogP contribution in [0.3, 0.4) is 0 Å². The summed E-state index contributed by atoms with van der Waals surface area (Å²) in [5.41, 5.74) is 0.859. The van der Waals surface area contributed by atoms with Crippen molar-refractivity contribution < 1.29 is 14.3 Å². The van der Waals surface area contributed by atoms with Crippen LogP contribution in [-0.4, -0.2) is 56.6 Å². The first-order valence-electron chi connectivity index (χ1n) is 10.3. The number of rotatable bonds is 12. The molecule has 29 heavy (non-hydrogen) atoms. The van der Waals surface area contributed by atoms with Crippen LogP contribution in [0.2, 0.25) is 0 Å². The quantitative estimate of drug-likeness (QED) is 0.542. The topological polar surface area (TPSA) is 96.1 Å². The molecule has 1 saturated carbocycles. The van der Waals surface area contributed by atoms with E-state index in [1.807, 2.05) is 6.92 Å². The van der Waals surface area contributed by atoms with E-state index in [9.17, 15) is 4.79 Å². The monoisotopic (exact) mass is 404 g/mol. The number of carbonyl (C=O) groups is 1. The summed E-state index contributed by atoms with van der Waals surface area (Å²) in [4.78, 5) is 11.7. The second-order valence-electron chi connectivity index (χ2n) is 8.13. The Morgan fingerprint density at radius 1 is 1.41 bits per heavy atom. The fraction of sp³-hybridized carbons (Fsp3) is 0.700. The Labute approximate surface area is 171 Å². The highest BCUT2D eigenvalue weighted by Gasteiger charge is 2.33. The van der Waals surface area contributed by atoms with Crippen molar-refractivity contribution in [1.29, 1.82) is 0 Å². The molecular formula is C20H32N6O3. The number of aryl methyl sites for hydroxylation is 1. The second kappa shape index (κ2) is 9.49. The van der Waals surface area contributed by atoms with E-state index in [0.29, 0.717) is 38.6 Å². The summed E-state index contributed by atoms with van der Waals surface area (Å²) in [6, 6.07) is 4.55. The number of aromatic nitrogens is 5. The zero-order valence-corrected chi connectivity index (χ0v) is 17.8. The summed E-state index contributed by atoms with van der Waals surface area (Å²) < 4.78 is 14.5. The van der Waals surface area contributed by atoms with Crippen LogP contribution in [0, 0.1) is 0 Å². The van der Waals surface area contributed by atoms with Gasteiger partial charge in [-0.25, -0.2) is 4.68 Å². The fourth-order valence-electron chi connectivity index (χ4n) is 3.58.